The molecular formula is C9H13F3N4. The second-order valence-corrected chi connectivity index (χ2v) is 3.49. The molecule has 1 rings (SSSR count). The van der Waals surface area contributed by atoms with Crippen LogP contribution in [-0.4, -0.2) is 16.1 Å². The Balaban J connectivity index is 2.64. The molecular weight excluding hydrogens is 221 g/mol. The van der Waals surface area contributed by atoms with Crippen LogP contribution in [-0.2, 0) is 0 Å². The fraction of sp³-hybridized carbons (Fsp3) is 0.556. The van der Waals surface area contributed by atoms with Gasteiger partial charge in [-0.1, -0.05) is 0 Å². The predicted octanol–water partition coefficient (Wildman–Crippen LogP) is 1.63. The molecule has 1 heterocycles. The van der Waals surface area contributed by atoms with E-state index in [-0.39, 0.29) is 12.2 Å². The van der Waals surface area contributed by atoms with Crippen LogP contribution in [0.4, 0.5) is 13.2 Å². The minimum atomic E-state index is -4.19. The van der Waals surface area contributed by atoms with Crippen LogP contribution in [0.3, 0.4) is 0 Å². The van der Waals surface area contributed by atoms with Crippen molar-refractivity contribution >= 4 is 0 Å². The number of hydrogen-bond acceptors (Lipinski definition) is 4. The molecule has 0 aliphatic rings. The lowest BCUT2D eigenvalue weighted by atomic mass is 10.1. The van der Waals surface area contributed by atoms with E-state index in [4.69, 9.17) is 5.84 Å². The maximum absolute atomic E-state index is 12.0. The highest BCUT2D eigenvalue weighted by atomic mass is 19.4. The molecule has 1 atom stereocenters. The average molecular weight is 234 g/mol. The monoisotopic (exact) mass is 234 g/mol. The van der Waals surface area contributed by atoms with E-state index in [2.05, 4.69) is 15.4 Å². The molecule has 1 aromatic rings. The standard InChI is InChI=1S/C9H13F3N4/c1-6-4-14-8(15-5-6)7(16-13)2-3-9(10,11)12/h4-5,7,16H,2-3,13H2,1H3. The molecule has 0 bridgehead atoms. The van der Waals surface area contributed by atoms with Crippen molar-refractivity contribution in [2.75, 3.05) is 0 Å². The Bertz CT molecular complexity index is 323. The van der Waals surface area contributed by atoms with Gasteiger partial charge in [0.1, 0.15) is 5.82 Å². The van der Waals surface area contributed by atoms with Gasteiger partial charge in [-0.15, -0.1) is 0 Å². The van der Waals surface area contributed by atoms with Gasteiger partial charge in [0, 0.05) is 18.8 Å². The van der Waals surface area contributed by atoms with Gasteiger partial charge >= 0.3 is 6.18 Å². The van der Waals surface area contributed by atoms with E-state index in [0.29, 0.717) is 0 Å². The minimum absolute atomic E-state index is 0.178. The van der Waals surface area contributed by atoms with Gasteiger partial charge in [-0.25, -0.2) is 15.4 Å². The number of hydrogen-bond donors (Lipinski definition) is 2. The lowest BCUT2D eigenvalue weighted by Crippen LogP contribution is -2.30. The number of nitrogens with two attached hydrogens (primary N) is 1. The Hall–Kier alpha value is -1.21. The Morgan fingerprint density at radius 3 is 2.38 bits per heavy atom. The smallest absolute Gasteiger partial charge is 0.271 e. The molecule has 0 aromatic carbocycles. The van der Waals surface area contributed by atoms with Crippen molar-refractivity contribution in [3.8, 4) is 0 Å². The van der Waals surface area contributed by atoms with Crippen LogP contribution in [0.1, 0.15) is 30.3 Å². The Morgan fingerprint density at radius 2 is 1.94 bits per heavy atom. The lowest BCUT2D eigenvalue weighted by Gasteiger charge is -2.15. The van der Waals surface area contributed by atoms with Crippen LogP contribution < -0.4 is 11.3 Å². The molecule has 0 fully saturated rings. The van der Waals surface area contributed by atoms with Crippen molar-refractivity contribution in [2.24, 2.45) is 5.84 Å². The van der Waals surface area contributed by atoms with Crippen LogP contribution in [0.5, 0.6) is 0 Å². The largest absolute Gasteiger partial charge is 0.389 e. The SMILES string of the molecule is Cc1cnc(C(CCC(F)(F)F)NN)nc1. The summed E-state index contributed by atoms with van der Waals surface area (Å²) in [6.07, 6.45) is -2.21. The second kappa shape index (κ2) is 5.22. The number of aromatic nitrogens is 2. The van der Waals surface area contributed by atoms with Gasteiger partial charge in [0.2, 0.25) is 0 Å². The van der Waals surface area contributed by atoms with Crippen LogP contribution >= 0.6 is 0 Å². The van der Waals surface area contributed by atoms with E-state index in [1.54, 1.807) is 19.3 Å². The van der Waals surface area contributed by atoms with E-state index in [9.17, 15) is 13.2 Å². The summed E-state index contributed by atoms with van der Waals surface area (Å²) in [6, 6.07) is -0.678. The summed E-state index contributed by atoms with van der Waals surface area (Å²) in [4.78, 5) is 7.86. The summed E-state index contributed by atoms with van der Waals surface area (Å²) in [5.41, 5.74) is 3.13. The first-order valence-electron chi connectivity index (χ1n) is 4.74. The van der Waals surface area contributed by atoms with Crippen LogP contribution in [0.15, 0.2) is 12.4 Å². The molecule has 90 valence electrons. The summed E-state index contributed by atoms with van der Waals surface area (Å²) >= 11 is 0. The molecule has 16 heavy (non-hydrogen) atoms. The molecule has 7 heteroatoms. The highest BCUT2D eigenvalue weighted by Crippen LogP contribution is 2.25. The predicted molar refractivity (Wildman–Crippen MR) is 52.1 cm³/mol. The van der Waals surface area contributed by atoms with Gasteiger partial charge < -0.3 is 0 Å². The van der Waals surface area contributed by atoms with E-state index >= 15 is 0 Å². The number of alkyl halides is 3. The number of halogens is 3. The molecule has 0 amide bonds. The van der Waals surface area contributed by atoms with Crippen molar-refractivity contribution in [1.29, 1.82) is 0 Å². The number of aryl methyl sites for hydroxylation is 1. The normalized spacial score (nSPS) is 13.8. The van der Waals surface area contributed by atoms with Crippen molar-refractivity contribution in [3.63, 3.8) is 0 Å². The van der Waals surface area contributed by atoms with Crippen molar-refractivity contribution in [1.82, 2.24) is 15.4 Å². The van der Waals surface area contributed by atoms with Gasteiger partial charge in [0.05, 0.1) is 6.04 Å². The first-order chi connectivity index (χ1) is 7.42. The first kappa shape index (κ1) is 12.9. The van der Waals surface area contributed by atoms with Gasteiger partial charge in [0.25, 0.3) is 0 Å². The van der Waals surface area contributed by atoms with Gasteiger partial charge in [-0.2, -0.15) is 13.2 Å². The molecule has 0 aliphatic carbocycles. The number of hydrazine groups is 1. The van der Waals surface area contributed by atoms with Gasteiger partial charge in [0.15, 0.2) is 0 Å². The fourth-order valence-electron chi connectivity index (χ4n) is 1.18. The summed E-state index contributed by atoms with van der Waals surface area (Å²) in [5, 5.41) is 0. The maximum atomic E-state index is 12.0. The van der Waals surface area contributed by atoms with E-state index in [1.807, 2.05) is 0 Å². The number of nitrogens with zero attached hydrogens (tertiary/aromatic N) is 2. The summed E-state index contributed by atoms with van der Waals surface area (Å²) in [7, 11) is 0. The van der Waals surface area contributed by atoms with Gasteiger partial charge in [-0.3, -0.25) is 5.84 Å². The van der Waals surface area contributed by atoms with E-state index < -0.39 is 18.6 Å². The zero-order valence-electron chi connectivity index (χ0n) is 8.75. The van der Waals surface area contributed by atoms with Crippen molar-refractivity contribution < 1.29 is 13.2 Å². The Kier molecular flexibility index (Phi) is 4.19. The second-order valence-electron chi connectivity index (χ2n) is 3.49. The summed E-state index contributed by atoms with van der Waals surface area (Å²) < 4.78 is 36.1. The van der Waals surface area contributed by atoms with E-state index in [0.717, 1.165) is 5.56 Å². The molecule has 0 spiro atoms. The molecule has 0 radical (unpaired) electrons. The minimum Gasteiger partial charge on any atom is -0.271 e. The topological polar surface area (TPSA) is 63.8 Å². The highest BCUT2D eigenvalue weighted by molar-refractivity contribution is 5.04. The Labute approximate surface area is 91.1 Å². The number of rotatable bonds is 4. The molecule has 0 saturated carbocycles. The zero-order chi connectivity index (χ0) is 12.2. The summed E-state index contributed by atoms with van der Waals surface area (Å²) in [6.45, 7) is 1.80. The van der Waals surface area contributed by atoms with Crippen molar-refractivity contribution in [2.45, 2.75) is 32.0 Å². The molecule has 1 unspecified atom stereocenters. The van der Waals surface area contributed by atoms with Crippen LogP contribution in [0.25, 0.3) is 0 Å². The number of nitrogens with one attached hydrogen (secondary N) is 1. The first-order valence-corrected chi connectivity index (χ1v) is 4.74. The Morgan fingerprint density at radius 1 is 1.38 bits per heavy atom. The lowest BCUT2D eigenvalue weighted by molar-refractivity contribution is -0.136. The third-order valence-corrected chi connectivity index (χ3v) is 2.03. The molecule has 1 aromatic heterocycles. The van der Waals surface area contributed by atoms with Gasteiger partial charge in [-0.05, 0) is 18.9 Å². The van der Waals surface area contributed by atoms with Crippen LogP contribution in [0.2, 0.25) is 0 Å². The highest BCUT2D eigenvalue weighted by Gasteiger charge is 2.29. The van der Waals surface area contributed by atoms with Crippen LogP contribution in [0, 0.1) is 6.92 Å². The molecule has 0 saturated heterocycles. The molecule has 3 N–H and O–H groups in total. The van der Waals surface area contributed by atoms with E-state index in [1.165, 1.54) is 0 Å². The third kappa shape index (κ3) is 4.11. The maximum Gasteiger partial charge on any atom is 0.389 e. The summed E-state index contributed by atoms with van der Waals surface area (Å²) in [5.74, 6) is 5.45. The molecule has 4 nitrogen and oxygen atoms in total. The van der Waals surface area contributed by atoms with Crippen molar-refractivity contribution in [3.05, 3.63) is 23.8 Å². The molecule has 0 aliphatic heterocycles. The quantitative estimate of drug-likeness (QED) is 0.614. The zero-order valence-corrected chi connectivity index (χ0v) is 8.75. The third-order valence-electron chi connectivity index (χ3n) is 2.03. The average Bonchev–Trinajstić information content (AvgIpc) is 2.20. The fourth-order valence-corrected chi connectivity index (χ4v) is 1.18.